The van der Waals surface area contributed by atoms with E-state index in [4.69, 9.17) is 26.8 Å². The first-order valence-electron chi connectivity index (χ1n) is 9.03. The van der Waals surface area contributed by atoms with Gasteiger partial charge in [-0.2, -0.15) is 0 Å². The van der Waals surface area contributed by atoms with Gasteiger partial charge in [0.25, 0.3) is 5.91 Å². The highest BCUT2D eigenvalue weighted by molar-refractivity contribution is 6.31. The van der Waals surface area contributed by atoms with Gasteiger partial charge in [0.1, 0.15) is 5.75 Å². The topological polar surface area (TPSA) is 85.6 Å². The van der Waals surface area contributed by atoms with E-state index < -0.39 is 0 Å². The minimum atomic E-state index is -0.212. The van der Waals surface area contributed by atoms with Gasteiger partial charge in [-0.15, -0.1) is 0 Å². The van der Waals surface area contributed by atoms with Crippen molar-refractivity contribution in [3.05, 3.63) is 77.3 Å². The van der Waals surface area contributed by atoms with Crippen molar-refractivity contribution >= 4 is 34.6 Å². The predicted molar refractivity (Wildman–Crippen MR) is 116 cm³/mol. The maximum Gasteiger partial charge on any atom is 0.251 e. The van der Waals surface area contributed by atoms with Crippen LogP contribution >= 0.6 is 11.6 Å². The molecule has 0 aliphatic heterocycles. The average Bonchev–Trinajstić information content (AvgIpc) is 2.72. The molecule has 0 radical (unpaired) electrons. The molecule has 0 spiro atoms. The van der Waals surface area contributed by atoms with Crippen LogP contribution in [0.1, 0.15) is 10.4 Å². The lowest BCUT2D eigenvalue weighted by molar-refractivity contribution is 0.0937. The van der Waals surface area contributed by atoms with E-state index in [0.717, 1.165) is 0 Å². The Kier molecular flexibility index (Phi) is 6.94. The van der Waals surface area contributed by atoms with Crippen LogP contribution in [0.4, 0.5) is 17.1 Å². The Morgan fingerprint density at radius 2 is 1.83 bits per heavy atom. The molecule has 1 amide bonds. The van der Waals surface area contributed by atoms with E-state index in [1.807, 2.05) is 30.3 Å². The molecule has 0 aliphatic carbocycles. The molecule has 0 bridgehead atoms. The summed E-state index contributed by atoms with van der Waals surface area (Å²) in [4.78, 5) is 12.2. The maximum atomic E-state index is 12.2. The van der Waals surface area contributed by atoms with Gasteiger partial charge < -0.3 is 25.8 Å². The average molecular weight is 412 g/mol. The van der Waals surface area contributed by atoms with E-state index in [1.165, 1.54) is 0 Å². The van der Waals surface area contributed by atoms with Gasteiger partial charge in [0, 0.05) is 24.2 Å². The highest BCUT2D eigenvalue weighted by atomic mass is 35.5. The summed E-state index contributed by atoms with van der Waals surface area (Å²) in [7, 11) is 1.58. The van der Waals surface area contributed by atoms with Gasteiger partial charge in [-0.3, -0.25) is 4.79 Å². The Hall–Kier alpha value is -3.22. The number of hydrogen-bond donors (Lipinski definition) is 3. The van der Waals surface area contributed by atoms with Gasteiger partial charge in [-0.25, -0.2) is 0 Å². The molecule has 7 heteroatoms. The zero-order chi connectivity index (χ0) is 20.6. The van der Waals surface area contributed by atoms with Crippen molar-refractivity contribution < 1.29 is 14.3 Å². The van der Waals surface area contributed by atoms with E-state index in [2.05, 4.69) is 10.6 Å². The van der Waals surface area contributed by atoms with E-state index in [1.54, 1.807) is 43.5 Å². The number of anilines is 3. The fourth-order valence-electron chi connectivity index (χ4n) is 2.64. The first kappa shape index (κ1) is 20.5. The summed E-state index contributed by atoms with van der Waals surface area (Å²) in [6, 6.07) is 19.8. The Morgan fingerprint density at radius 1 is 1.03 bits per heavy atom. The van der Waals surface area contributed by atoms with Crippen LogP contribution in [0.2, 0.25) is 5.02 Å². The summed E-state index contributed by atoms with van der Waals surface area (Å²) in [5, 5.41) is 6.55. The van der Waals surface area contributed by atoms with Crippen LogP contribution in [0.3, 0.4) is 0 Å². The number of carbonyl (C=O) groups excluding carboxylic acids is 1. The third-order valence-electron chi connectivity index (χ3n) is 4.09. The molecular weight excluding hydrogens is 390 g/mol. The summed E-state index contributed by atoms with van der Waals surface area (Å²) < 4.78 is 10.9. The molecule has 3 aromatic rings. The van der Waals surface area contributed by atoms with Crippen molar-refractivity contribution in [3.8, 4) is 11.5 Å². The first-order valence-corrected chi connectivity index (χ1v) is 9.41. The number of halogens is 1. The fourth-order valence-corrected chi connectivity index (χ4v) is 2.81. The molecule has 0 fully saturated rings. The van der Waals surface area contributed by atoms with Crippen LogP contribution in [-0.2, 0) is 4.74 Å². The Balaban J connectivity index is 1.79. The van der Waals surface area contributed by atoms with Crippen molar-refractivity contribution in [1.29, 1.82) is 0 Å². The standard InChI is InChI=1S/C22H22ClN3O3/c1-28-12-11-25-22(27)15-7-9-19(18(24)13-15)26-20-14-16(23)8-10-21(20)29-17-5-3-2-4-6-17/h2-10,13-14,26H,11-12,24H2,1H3,(H,25,27). The molecule has 0 aliphatic rings. The molecule has 150 valence electrons. The Labute approximate surface area is 174 Å². The van der Waals surface area contributed by atoms with E-state index >= 15 is 0 Å². The van der Waals surface area contributed by atoms with Gasteiger partial charge in [0.05, 0.1) is 23.7 Å². The van der Waals surface area contributed by atoms with Crippen LogP contribution in [-0.4, -0.2) is 26.2 Å². The number of benzene rings is 3. The van der Waals surface area contributed by atoms with Crippen LogP contribution in [0.5, 0.6) is 11.5 Å². The summed E-state index contributed by atoms with van der Waals surface area (Å²) in [5.74, 6) is 1.09. The number of amides is 1. The summed E-state index contributed by atoms with van der Waals surface area (Å²) >= 11 is 6.16. The summed E-state index contributed by atoms with van der Waals surface area (Å²) in [6.45, 7) is 0.873. The van der Waals surface area contributed by atoms with Crippen molar-refractivity contribution in [2.24, 2.45) is 0 Å². The van der Waals surface area contributed by atoms with Gasteiger partial charge in [0.2, 0.25) is 0 Å². The number of rotatable bonds is 8. The SMILES string of the molecule is COCCNC(=O)c1ccc(Nc2cc(Cl)ccc2Oc2ccccc2)c(N)c1. The highest BCUT2D eigenvalue weighted by Gasteiger charge is 2.11. The molecule has 0 saturated heterocycles. The number of nitrogens with two attached hydrogens (primary N) is 1. The van der Waals surface area contributed by atoms with Gasteiger partial charge in [-0.1, -0.05) is 29.8 Å². The Bertz CT molecular complexity index is 980. The lowest BCUT2D eigenvalue weighted by atomic mass is 10.1. The number of ether oxygens (including phenoxy) is 2. The van der Waals surface area contributed by atoms with Gasteiger partial charge >= 0.3 is 0 Å². The van der Waals surface area contributed by atoms with Gasteiger partial charge in [0.15, 0.2) is 5.75 Å². The monoisotopic (exact) mass is 411 g/mol. The van der Waals surface area contributed by atoms with E-state index in [9.17, 15) is 4.79 Å². The summed E-state index contributed by atoms with van der Waals surface area (Å²) in [5.41, 5.74) is 8.35. The van der Waals surface area contributed by atoms with Crippen molar-refractivity contribution in [3.63, 3.8) is 0 Å². The zero-order valence-corrected chi connectivity index (χ0v) is 16.7. The molecule has 0 heterocycles. The van der Waals surface area contributed by atoms with Crippen molar-refractivity contribution in [1.82, 2.24) is 5.32 Å². The molecular formula is C22H22ClN3O3. The highest BCUT2D eigenvalue weighted by Crippen LogP contribution is 2.35. The predicted octanol–water partition coefficient (Wildman–Crippen LogP) is 4.83. The third kappa shape index (κ3) is 5.63. The van der Waals surface area contributed by atoms with E-state index in [-0.39, 0.29) is 5.91 Å². The quantitative estimate of drug-likeness (QED) is 0.365. The van der Waals surface area contributed by atoms with Crippen LogP contribution in [0.25, 0.3) is 0 Å². The van der Waals surface area contributed by atoms with Crippen LogP contribution < -0.4 is 21.1 Å². The number of carbonyl (C=O) groups is 1. The van der Waals surface area contributed by atoms with Gasteiger partial charge in [-0.05, 0) is 48.5 Å². The van der Waals surface area contributed by atoms with E-state index in [0.29, 0.717) is 52.3 Å². The number of nitrogen functional groups attached to an aromatic ring is 1. The maximum absolute atomic E-state index is 12.2. The number of para-hydroxylation sites is 1. The second-order valence-corrected chi connectivity index (χ2v) is 6.67. The molecule has 6 nitrogen and oxygen atoms in total. The zero-order valence-electron chi connectivity index (χ0n) is 15.9. The molecule has 0 atom stereocenters. The molecule has 3 aromatic carbocycles. The Morgan fingerprint density at radius 3 is 2.55 bits per heavy atom. The van der Waals surface area contributed by atoms with Crippen LogP contribution in [0.15, 0.2) is 66.7 Å². The largest absolute Gasteiger partial charge is 0.455 e. The normalized spacial score (nSPS) is 10.4. The van der Waals surface area contributed by atoms with Crippen molar-refractivity contribution in [2.75, 3.05) is 31.3 Å². The number of methoxy groups -OCH3 is 1. The molecule has 0 unspecified atom stereocenters. The number of nitrogens with one attached hydrogen (secondary N) is 2. The lowest BCUT2D eigenvalue weighted by Crippen LogP contribution is -2.27. The third-order valence-corrected chi connectivity index (χ3v) is 4.32. The minimum Gasteiger partial charge on any atom is -0.455 e. The lowest BCUT2D eigenvalue weighted by Gasteiger charge is -2.15. The molecule has 29 heavy (non-hydrogen) atoms. The first-order chi connectivity index (χ1) is 14.1. The van der Waals surface area contributed by atoms with Crippen molar-refractivity contribution in [2.45, 2.75) is 0 Å². The molecule has 3 rings (SSSR count). The minimum absolute atomic E-state index is 0.212. The molecule has 0 saturated carbocycles. The summed E-state index contributed by atoms with van der Waals surface area (Å²) in [6.07, 6.45) is 0. The second kappa shape index (κ2) is 9.82. The molecule has 4 N–H and O–H groups in total. The second-order valence-electron chi connectivity index (χ2n) is 6.23. The molecule has 0 aromatic heterocycles. The fraction of sp³-hybridized carbons (Fsp3) is 0.136. The smallest absolute Gasteiger partial charge is 0.251 e. The number of hydrogen-bond acceptors (Lipinski definition) is 5. The van der Waals surface area contributed by atoms with Crippen LogP contribution in [0, 0.1) is 0 Å².